The van der Waals surface area contributed by atoms with Crippen LogP contribution < -0.4 is 29.6 Å². The first-order valence-electron chi connectivity index (χ1n) is 5.80. The van der Waals surface area contributed by atoms with Gasteiger partial charge in [-0.1, -0.05) is 48.5 Å². The molecule has 0 aromatic heterocycles. The Morgan fingerprint density at radius 3 is 2.05 bits per heavy atom. The Hall–Kier alpha value is -1.24. The van der Waals surface area contributed by atoms with Gasteiger partial charge >= 0.3 is 29.6 Å². The summed E-state index contributed by atoms with van der Waals surface area (Å²) in [6.45, 7) is 0. The van der Waals surface area contributed by atoms with Crippen molar-refractivity contribution in [3.8, 4) is 0 Å². The third-order valence-electron chi connectivity index (χ3n) is 2.65. The van der Waals surface area contributed by atoms with E-state index in [0.717, 1.165) is 0 Å². The molecular formula is C15H11NaO4S. The summed E-state index contributed by atoms with van der Waals surface area (Å²) in [6, 6.07) is 14.2. The Kier molecular flexibility index (Phi) is 6.51. The van der Waals surface area contributed by atoms with Crippen molar-refractivity contribution in [2.24, 2.45) is 0 Å². The van der Waals surface area contributed by atoms with E-state index in [1.54, 1.807) is 30.3 Å². The zero-order valence-electron chi connectivity index (χ0n) is 11.4. The van der Waals surface area contributed by atoms with Gasteiger partial charge in [0.15, 0.2) is 5.78 Å². The molecule has 0 atom stereocenters. The Balaban J connectivity index is 0.00000220. The molecule has 0 radical (unpaired) electrons. The fourth-order valence-corrected chi connectivity index (χ4v) is 2.09. The molecule has 0 N–H and O–H groups in total. The minimum atomic E-state index is -4.43. The Morgan fingerprint density at radius 2 is 1.52 bits per heavy atom. The topological polar surface area (TPSA) is 74.3 Å². The van der Waals surface area contributed by atoms with Gasteiger partial charge in [-0.15, -0.1) is 0 Å². The van der Waals surface area contributed by atoms with Crippen molar-refractivity contribution in [1.29, 1.82) is 0 Å². The largest absolute Gasteiger partial charge is 1.00 e. The van der Waals surface area contributed by atoms with Crippen LogP contribution in [0.5, 0.6) is 0 Å². The van der Waals surface area contributed by atoms with E-state index < -0.39 is 10.1 Å². The van der Waals surface area contributed by atoms with Gasteiger partial charge in [-0.05, 0) is 23.8 Å². The number of carbonyl (C=O) groups is 1. The van der Waals surface area contributed by atoms with Crippen molar-refractivity contribution in [2.75, 3.05) is 0 Å². The van der Waals surface area contributed by atoms with Gasteiger partial charge in [0.2, 0.25) is 0 Å². The van der Waals surface area contributed by atoms with E-state index in [1.807, 2.05) is 6.07 Å². The minimum Gasteiger partial charge on any atom is -0.744 e. The van der Waals surface area contributed by atoms with Crippen molar-refractivity contribution in [3.05, 3.63) is 71.8 Å². The van der Waals surface area contributed by atoms with E-state index in [1.165, 1.54) is 30.3 Å². The summed E-state index contributed by atoms with van der Waals surface area (Å²) in [5.41, 5.74) is 1.21. The summed E-state index contributed by atoms with van der Waals surface area (Å²) in [6.07, 6.45) is 2.96. The zero-order chi connectivity index (χ0) is 14.6. The molecule has 2 aromatic rings. The standard InChI is InChI=1S/C15H12O4S.Na/c16-15(13-4-2-1-3-5-13)11-8-12-6-9-14(10-7-12)20(17,18)19;/h1-11H,(H,17,18,19);/q;+1/p-1/b11-8+;. The minimum absolute atomic E-state index is 0. The first-order valence-corrected chi connectivity index (χ1v) is 7.21. The van der Waals surface area contributed by atoms with Crippen molar-refractivity contribution in [2.45, 2.75) is 4.90 Å². The number of benzene rings is 2. The molecule has 0 spiro atoms. The maximum atomic E-state index is 11.8. The molecule has 2 rings (SSSR count). The van der Waals surface area contributed by atoms with Crippen LogP contribution in [0.4, 0.5) is 0 Å². The molecule has 2 aromatic carbocycles. The number of rotatable bonds is 4. The van der Waals surface area contributed by atoms with Crippen LogP contribution in [-0.2, 0) is 10.1 Å². The van der Waals surface area contributed by atoms with Crippen molar-refractivity contribution in [1.82, 2.24) is 0 Å². The second-order valence-corrected chi connectivity index (χ2v) is 5.47. The van der Waals surface area contributed by atoms with Crippen LogP contribution in [0, 0.1) is 0 Å². The summed E-state index contributed by atoms with van der Waals surface area (Å²) in [4.78, 5) is 11.5. The molecule has 6 heteroatoms. The van der Waals surface area contributed by atoms with Crippen LogP contribution in [0.3, 0.4) is 0 Å². The smallest absolute Gasteiger partial charge is 0.744 e. The van der Waals surface area contributed by atoms with E-state index >= 15 is 0 Å². The van der Waals surface area contributed by atoms with E-state index in [4.69, 9.17) is 0 Å². The second kappa shape index (κ2) is 7.68. The van der Waals surface area contributed by atoms with Crippen molar-refractivity contribution >= 4 is 22.0 Å². The predicted octanol–water partition coefficient (Wildman–Crippen LogP) is -0.509. The van der Waals surface area contributed by atoms with Gasteiger partial charge in [-0.25, -0.2) is 8.42 Å². The van der Waals surface area contributed by atoms with Crippen LogP contribution in [0.15, 0.2) is 65.6 Å². The molecule has 0 amide bonds. The molecule has 0 saturated carbocycles. The van der Waals surface area contributed by atoms with Crippen LogP contribution >= 0.6 is 0 Å². The van der Waals surface area contributed by atoms with Crippen LogP contribution in [0.25, 0.3) is 6.08 Å². The Bertz CT molecular complexity index is 735. The van der Waals surface area contributed by atoms with Gasteiger partial charge in [0.05, 0.1) is 4.90 Å². The zero-order valence-corrected chi connectivity index (χ0v) is 14.2. The molecule has 0 aliphatic heterocycles. The molecule has 102 valence electrons. The van der Waals surface area contributed by atoms with E-state index in [2.05, 4.69) is 0 Å². The fraction of sp³-hybridized carbons (Fsp3) is 0. The number of ketones is 1. The average Bonchev–Trinajstić information content (AvgIpc) is 2.45. The molecule has 0 heterocycles. The second-order valence-electron chi connectivity index (χ2n) is 4.09. The first kappa shape index (κ1) is 17.8. The molecule has 0 bridgehead atoms. The summed E-state index contributed by atoms with van der Waals surface area (Å²) >= 11 is 0. The van der Waals surface area contributed by atoms with E-state index in [0.29, 0.717) is 11.1 Å². The quantitative estimate of drug-likeness (QED) is 0.330. The maximum Gasteiger partial charge on any atom is 1.00 e. The van der Waals surface area contributed by atoms with Crippen molar-refractivity contribution < 1.29 is 47.3 Å². The summed E-state index contributed by atoms with van der Waals surface area (Å²) in [5.74, 6) is -0.147. The first-order chi connectivity index (χ1) is 9.47. The Morgan fingerprint density at radius 1 is 0.952 bits per heavy atom. The average molecular weight is 310 g/mol. The normalized spacial score (nSPS) is 11.1. The van der Waals surface area contributed by atoms with Crippen LogP contribution in [0.1, 0.15) is 15.9 Å². The number of hydrogen-bond acceptors (Lipinski definition) is 4. The molecular weight excluding hydrogens is 299 g/mol. The number of carbonyl (C=O) groups excluding carboxylic acids is 1. The third kappa shape index (κ3) is 5.22. The summed E-state index contributed by atoms with van der Waals surface area (Å²) in [7, 11) is -4.43. The fourth-order valence-electron chi connectivity index (χ4n) is 1.62. The predicted molar refractivity (Wildman–Crippen MR) is 74.2 cm³/mol. The van der Waals surface area contributed by atoms with Gasteiger partial charge in [0.1, 0.15) is 10.1 Å². The summed E-state index contributed by atoms with van der Waals surface area (Å²) < 4.78 is 32.3. The van der Waals surface area contributed by atoms with Gasteiger partial charge in [-0.2, -0.15) is 0 Å². The third-order valence-corrected chi connectivity index (χ3v) is 3.50. The molecule has 0 saturated heterocycles. The number of allylic oxidation sites excluding steroid dienone is 1. The molecule has 0 unspecified atom stereocenters. The molecule has 0 fully saturated rings. The van der Waals surface area contributed by atoms with Crippen molar-refractivity contribution in [3.63, 3.8) is 0 Å². The van der Waals surface area contributed by atoms with Gasteiger partial charge in [0, 0.05) is 5.56 Å². The van der Waals surface area contributed by atoms with Gasteiger partial charge < -0.3 is 4.55 Å². The van der Waals surface area contributed by atoms with Gasteiger partial charge in [-0.3, -0.25) is 4.79 Å². The maximum absolute atomic E-state index is 11.8. The number of hydrogen-bond donors (Lipinski definition) is 0. The molecule has 0 aliphatic carbocycles. The SMILES string of the molecule is O=C(/C=C/c1ccc(S(=O)(=O)[O-])cc1)c1ccccc1.[Na+]. The monoisotopic (exact) mass is 310 g/mol. The molecule has 0 aliphatic rings. The molecule has 21 heavy (non-hydrogen) atoms. The van der Waals surface area contributed by atoms with Crippen LogP contribution in [-0.4, -0.2) is 18.8 Å². The Labute approximate surface area is 145 Å². The van der Waals surface area contributed by atoms with Gasteiger partial charge in [0.25, 0.3) is 0 Å². The molecule has 4 nitrogen and oxygen atoms in total. The van der Waals surface area contributed by atoms with E-state index in [9.17, 15) is 17.8 Å². The van der Waals surface area contributed by atoms with E-state index in [-0.39, 0.29) is 40.2 Å². The van der Waals surface area contributed by atoms with Crippen LogP contribution in [0.2, 0.25) is 0 Å². The summed E-state index contributed by atoms with van der Waals surface area (Å²) in [5, 5.41) is 0.